The number of para-hydroxylation sites is 1. The van der Waals surface area contributed by atoms with E-state index in [9.17, 15) is 0 Å². The first-order chi connectivity index (χ1) is 10.3. The van der Waals surface area contributed by atoms with Crippen molar-refractivity contribution in [2.75, 3.05) is 33.5 Å². The molecule has 0 saturated heterocycles. The third-order valence-electron chi connectivity index (χ3n) is 3.32. The molecule has 0 atom stereocenters. The molecule has 1 aliphatic carbocycles. The van der Waals surface area contributed by atoms with E-state index in [1.165, 1.54) is 18.4 Å². The van der Waals surface area contributed by atoms with Gasteiger partial charge >= 0.3 is 0 Å². The molecule has 1 saturated carbocycles. The predicted molar refractivity (Wildman–Crippen MR) is 86.8 cm³/mol. The molecule has 0 spiro atoms. The number of methoxy groups -OCH3 is 1. The number of rotatable bonds is 11. The molecule has 0 aromatic heterocycles. The second kappa shape index (κ2) is 9.41. The minimum absolute atomic E-state index is 0.562. The Kier molecular flexibility index (Phi) is 7.50. The minimum Gasteiger partial charge on any atom is -0.490 e. The van der Waals surface area contributed by atoms with Gasteiger partial charge in [-0.15, -0.1) is 0 Å². The van der Waals surface area contributed by atoms with Gasteiger partial charge in [0.05, 0.1) is 11.1 Å². The molecule has 5 heteroatoms. The van der Waals surface area contributed by atoms with E-state index in [0.29, 0.717) is 25.9 Å². The smallest absolute Gasteiger partial charge is 0.138 e. The van der Waals surface area contributed by atoms with Gasteiger partial charge in [-0.1, -0.05) is 12.1 Å². The van der Waals surface area contributed by atoms with Crippen LogP contribution in [0.25, 0.3) is 0 Å². The Balaban J connectivity index is 1.72. The molecule has 0 unspecified atom stereocenters. The highest BCUT2D eigenvalue weighted by Crippen LogP contribution is 2.30. The highest BCUT2D eigenvalue weighted by Gasteiger charge is 2.20. The standard InChI is InChI=1S/C16H24BrNO3/c1-19-8-3-9-20-10-11-21-16-13(4-2-5-15(16)17)12-18-14-6-7-14/h2,4-5,14,18H,3,6-12H2,1H3. The van der Waals surface area contributed by atoms with E-state index >= 15 is 0 Å². The van der Waals surface area contributed by atoms with Crippen LogP contribution in [0.1, 0.15) is 24.8 Å². The highest BCUT2D eigenvalue weighted by molar-refractivity contribution is 9.10. The Labute approximate surface area is 135 Å². The number of halogens is 1. The van der Waals surface area contributed by atoms with Crippen molar-refractivity contribution in [3.63, 3.8) is 0 Å². The van der Waals surface area contributed by atoms with Gasteiger partial charge in [-0.2, -0.15) is 0 Å². The Bertz CT molecular complexity index is 424. The number of hydrogen-bond donors (Lipinski definition) is 1. The van der Waals surface area contributed by atoms with E-state index in [-0.39, 0.29) is 0 Å². The molecule has 21 heavy (non-hydrogen) atoms. The second-order valence-electron chi connectivity index (χ2n) is 5.19. The first kappa shape index (κ1) is 16.7. The quantitative estimate of drug-likeness (QED) is 0.617. The number of ether oxygens (including phenoxy) is 3. The van der Waals surface area contributed by atoms with Crippen LogP contribution >= 0.6 is 15.9 Å². The molecule has 1 fully saturated rings. The Hall–Kier alpha value is -0.620. The van der Waals surface area contributed by atoms with E-state index in [2.05, 4.69) is 27.3 Å². The maximum absolute atomic E-state index is 5.88. The lowest BCUT2D eigenvalue weighted by Gasteiger charge is -2.14. The van der Waals surface area contributed by atoms with Gasteiger partial charge in [-0.25, -0.2) is 0 Å². The monoisotopic (exact) mass is 357 g/mol. The predicted octanol–water partition coefficient (Wildman–Crippen LogP) is 3.13. The second-order valence-corrected chi connectivity index (χ2v) is 6.04. The molecule has 1 aromatic rings. The molecule has 118 valence electrons. The largest absolute Gasteiger partial charge is 0.490 e. The van der Waals surface area contributed by atoms with E-state index in [1.807, 2.05) is 12.1 Å². The topological polar surface area (TPSA) is 39.7 Å². The van der Waals surface area contributed by atoms with E-state index in [4.69, 9.17) is 14.2 Å². The molecule has 0 heterocycles. The first-order valence-electron chi connectivity index (χ1n) is 7.51. The average Bonchev–Trinajstić information content (AvgIpc) is 3.30. The van der Waals surface area contributed by atoms with Crippen LogP contribution in [0.5, 0.6) is 5.75 Å². The molecule has 0 radical (unpaired) electrons. The van der Waals surface area contributed by atoms with Crippen LogP contribution in [-0.4, -0.2) is 39.6 Å². The van der Waals surface area contributed by atoms with Crippen molar-refractivity contribution in [2.24, 2.45) is 0 Å². The van der Waals surface area contributed by atoms with Gasteiger partial charge in [0.2, 0.25) is 0 Å². The lowest BCUT2D eigenvalue weighted by Crippen LogP contribution is -2.17. The fourth-order valence-electron chi connectivity index (χ4n) is 2.01. The van der Waals surface area contributed by atoms with E-state index in [1.54, 1.807) is 7.11 Å². The van der Waals surface area contributed by atoms with Gasteiger partial charge in [0.15, 0.2) is 0 Å². The number of hydrogen-bond acceptors (Lipinski definition) is 4. The zero-order chi connectivity index (χ0) is 14.9. The Morgan fingerprint density at radius 2 is 2.05 bits per heavy atom. The first-order valence-corrected chi connectivity index (χ1v) is 8.31. The summed E-state index contributed by atoms with van der Waals surface area (Å²) in [5, 5.41) is 3.52. The summed E-state index contributed by atoms with van der Waals surface area (Å²) in [4.78, 5) is 0. The zero-order valence-electron chi connectivity index (χ0n) is 12.6. The summed E-state index contributed by atoms with van der Waals surface area (Å²) >= 11 is 3.56. The summed E-state index contributed by atoms with van der Waals surface area (Å²) in [6.45, 7) is 3.46. The normalized spacial score (nSPS) is 14.4. The van der Waals surface area contributed by atoms with Gasteiger partial charge in [-0.3, -0.25) is 0 Å². The van der Waals surface area contributed by atoms with E-state index in [0.717, 1.165) is 29.8 Å². The zero-order valence-corrected chi connectivity index (χ0v) is 14.2. The van der Waals surface area contributed by atoms with Crippen LogP contribution < -0.4 is 10.1 Å². The molecule has 0 aliphatic heterocycles. The Morgan fingerprint density at radius 3 is 2.81 bits per heavy atom. The van der Waals surface area contributed by atoms with Crippen molar-refractivity contribution in [2.45, 2.75) is 31.8 Å². The van der Waals surface area contributed by atoms with Gasteiger partial charge in [0.1, 0.15) is 12.4 Å². The van der Waals surface area contributed by atoms with Crippen LogP contribution in [0.4, 0.5) is 0 Å². The summed E-state index contributed by atoms with van der Waals surface area (Å²) in [5.74, 6) is 0.922. The number of nitrogens with one attached hydrogen (secondary N) is 1. The Morgan fingerprint density at radius 1 is 1.19 bits per heavy atom. The average molecular weight is 358 g/mol. The third-order valence-corrected chi connectivity index (χ3v) is 3.94. The van der Waals surface area contributed by atoms with E-state index < -0.39 is 0 Å². The van der Waals surface area contributed by atoms with Crippen molar-refractivity contribution < 1.29 is 14.2 Å². The number of benzene rings is 1. The summed E-state index contributed by atoms with van der Waals surface area (Å²) in [5.41, 5.74) is 1.19. The molecule has 0 amide bonds. The molecule has 1 aromatic carbocycles. The van der Waals surface area contributed by atoms with Crippen molar-refractivity contribution in [1.29, 1.82) is 0 Å². The van der Waals surface area contributed by atoms with Crippen molar-refractivity contribution >= 4 is 15.9 Å². The molecular weight excluding hydrogens is 334 g/mol. The lowest BCUT2D eigenvalue weighted by molar-refractivity contribution is 0.0802. The lowest BCUT2D eigenvalue weighted by atomic mass is 10.2. The highest BCUT2D eigenvalue weighted by atomic mass is 79.9. The van der Waals surface area contributed by atoms with Crippen LogP contribution in [0, 0.1) is 0 Å². The summed E-state index contributed by atoms with van der Waals surface area (Å²) in [6, 6.07) is 6.85. The van der Waals surface area contributed by atoms with Crippen LogP contribution in [0.2, 0.25) is 0 Å². The molecule has 1 N–H and O–H groups in total. The maximum Gasteiger partial charge on any atom is 0.138 e. The summed E-state index contributed by atoms with van der Waals surface area (Å²) in [7, 11) is 1.70. The van der Waals surface area contributed by atoms with Gasteiger partial charge < -0.3 is 19.5 Å². The maximum atomic E-state index is 5.88. The molecule has 1 aliphatic rings. The van der Waals surface area contributed by atoms with Crippen molar-refractivity contribution in [1.82, 2.24) is 5.32 Å². The minimum atomic E-state index is 0.562. The summed E-state index contributed by atoms with van der Waals surface area (Å²) < 4.78 is 17.4. The molecular formula is C16H24BrNO3. The van der Waals surface area contributed by atoms with Gasteiger partial charge in [0, 0.05) is 38.5 Å². The van der Waals surface area contributed by atoms with Gasteiger partial charge in [0.25, 0.3) is 0 Å². The van der Waals surface area contributed by atoms with Crippen LogP contribution in [-0.2, 0) is 16.0 Å². The third kappa shape index (κ3) is 6.34. The summed E-state index contributed by atoms with van der Waals surface area (Å²) in [6.07, 6.45) is 3.50. The molecule has 2 rings (SSSR count). The van der Waals surface area contributed by atoms with Crippen molar-refractivity contribution in [3.05, 3.63) is 28.2 Å². The van der Waals surface area contributed by atoms with Crippen molar-refractivity contribution in [3.8, 4) is 5.75 Å². The van der Waals surface area contributed by atoms with Crippen LogP contribution in [0.15, 0.2) is 22.7 Å². The fraction of sp³-hybridized carbons (Fsp3) is 0.625. The molecule has 0 bridgehead atoms. The van der Waals surface area contributed by atoms with Gasteiger partial charge in [-0.05, 0) is 41.3 Å². The molecule has 4 nitrogen and oxygen atoms in total. The fourth-order valence-corrected chi connectivity index (χ4v) is 2.53. The SMILES string of the molecule is COCCCOCCOc1c(Br)cccc1CNC1CC1. The van der Waals surface area contributed by atoms with Crippen LogP contribution in [0.3, 0.4) is 0 Å².